The van der Waals surface area contributed by atoms with Gasteiger partial charge in [-0.15, -0.1) is 0 Å². The Labute approximate surface area is 248 Å². The van der Waals surface area contributed by atoms with Crippen LogP contribution >= 0.6 is 0 Å². The maximum atomic E-state index is 13.2. The number of nitrogens with one attached hydrogen (secondary N) is 1. The van der Waals surface area contributed by atoms with Gasteiger partial charge in [0.15, 0.2) is 6.61 Å². The van der Waals surface area contributed by atoms with Gasteiger partial charge in [0.2, 0.25) is 0 Å². The first-order chi connectivity index (χ1) is 20.1. The Hall–Kier alpha value is -3.41. The zero-order valence-corrected chi connectivity index (χ0v) is 25.7. The van der Waals surface area contributed by atoms with E-state index in [1.807, 2.05) is 49.3 Å². The van der Waals surface area contributed by atoms with Gasteiger partial charge in [0.05, 0.1) is 5.69 Å². The summed E-state index contributed by atoms with van der Waals surface area (Å²) in [7, 11) is 2.97. The molecule has 0 radical (unpaired) electrons. The highest BCUT2D eigenvalue weighted by Crippen LogP contribution is 2.45. The Morgan fingerprint density at radius 2 is 1.60 bits per heavy atom. The van der Waals surface area contributed by atoms with Crippen LogP contribution in [0, 0.1) is 0 Å². The van der Waals surface area contributed by atoms with Crippen LogP contribution < -0.4 is 9.46 Å². The van der Waals surface area contributed by atoms with Crippen LogP contribution in [0.2, 0.25) is 0 Å². The molecule has 3 aromatic rings. The van der Waals surface area contributed by atoms with Gasteiger partial charge in [-0.25, -0.2) is 4.72 Å². The van der Waals surface area contributed by atoms with Gasteiger partial charge in [0, 0.05) is 69.4 Å². The molecule has 1 fully saturated rings. The van der Waals surface area contributed by atoms with Gasteiger partial charge in [-0.05, 0) is 55.6 Å². The fourth-order valence-electron chi connectivity index (χ4n) is 6.02. The first-order valence-corrected chi connectivity index (χ1v) is 16.1. The third kappa shape index (κ3) is 6.18. The molecule has 5 rings (SSSR count). The fraction of sp³-hybridized carbons (Fsp3) is 0.484. The van der Waals surface area contributed by atoms with Crippen molar-refractivity contribution >= 4 is 32.9 Å². The van der Waals surface area contributed by atoms with Crippen LogP contribution in [0.25, 0.3) is 22.2 Å². The van der Waals surface area contributed by atoms with Crippen LogP contribution in [0.5, 0.6) is 5.75 Å². The van der Waals surface area contributed by atoms with Crippen molar-refractivity contribution < 1.29 is 22.7 Å². The van der Waals surface area contributed by atoms with Crippen molar-refractivity contribution in [3.63, 3.8) is 0 Å². The van der Waals surface area contributed by atoms with Crippen molar-refractivity contribution in [2.24, 2.45) is 7.05 Å². The summed E-state index contributed by atoms with van der Waals surface area (Å²) < 4.78 is 37.7. The molecule has 226 valence electrons. The molecule has 42 heavy (non-hydrogen) atoms. The predicted octanol–water partition coefficient (Wildman–Crippen LogP) is 3.58. The van der Waals surface area contributed by atoms with Crippen LogP contribution in [0.4, 0.5) is 0 Å². The zero-order chi connectivity index (χ0) is 30.0. The molecular weight excluding hydrogens is 554 g/mol. The lowest BCUT2D eigenvalue weighted by atomic mass is 9.81. The van der Waals surface area contributed by atoms with Gasteiger partial charge < -0.3 is 19.1 Å². The fourth-order valence-corrected chi connectivity index (χ4v) is 6.85. The Morgan fingerprint density at radius 1 is 0.881 bits per heavy atom. The quantitative estimate of drug-likeness (QED) is 0.461. The van der Waals surface area contributed by atoms with E-state index in [1.54, 1.807) is 24.1 Å². The summed E-state index contributed by atoms with van der Waals surface area (Å²) in [6.07, 6.45) is 5.66. The number of benzene rings is 2. The van der Waals surface area contributed by atoms with E-state index in [2.05, 4.69) is 9.29 Å². The molecule has 2 heterocycles. The summed E-state index contributed by atoms with van der Waals surface area (Å²) in [6.45, 7) is 1.53. The van der Waals surface area contributed by atoms with Gasteiger partial charge in [-0.3, -0.25) is 9.59 Å². The minimum Gasteiger partial charge on any atom is -0.483 e. The molecule has 1 saturated carbocycles. The highest BCUT2D eigenvalue weighted by molar-refractivity contribution is 7.87. The van der Waals surface area contributed by atoms with E-state index in [-0.39, 0.29) is 24.6 Å². The second-order valence-electron chi connectivity index (χ2n) is 11.5. The Kier molecular flexibility index (Phi) is 8.91. The minimum absolute atomic E-state index is 0.0920. The van der Waals surface area contributed by atoms with Crippen LogP contribution in [-0.2, 0) is 22.1 Å². The SMILES string of the molecule is CN1CCN(C)C(=O)COc2ccccc2-c2c(C3CCCCC3)c3ccc(cc3n2C)C(=O)NS(=O)(=O)N(C)CC1. The van der Waals surface area contributed by atoms with Crippen molar-refractivity contribution in [2.75, 3.05) is 53.9 Å². The molecule has 2 aliphatic rings. The maximum absolute atomic E-state index is 13.2. The molecule has 3 bridgehead atoms. The molecule has 2 aromatic carbocycles. The van der Waals surface area contributed by atoms with Crippen molar-refractivity contribution in [2.45, 2.75) is 38.0 Å². The summed E-state index contributed by atoms with van der Waals surface area (Å²) in [5.41, 5.74) is 4.20. The molecule has 0 atom stereocenters. The van der Waals surface area contributed by atoms with Crippen LogP contribution in [-0.4, -0.2) is 92.8 Å². The normalized spacial score (nSPS) is 20.4. The average Bonchev–Trinajstić information content (AvgIpc) is 3.28. The second kappa shape index (κ2) is 12.4. The summed E-state index contributed by atoms with van der Waals surface area (Å²) in [4.78, 5) is 29.8. The first-order valence-electron chi connectivity index (χ1n) is 14.6. The number of nitrogens with zero attached hydrogens (tertiary/aromatic N) is 4. The lowest BCUT2D eigenvalue weighted by Crippen LogP contribution is -2.45. The summed E-state index contributed by atoms with van der Waals surface area (Å²) in [5, 5.41) is 1.04. The van der Waals surface area contributed by atoms with Gasteiger partial charge in [-0.1, -0.05) is 37.5 Å². The lowest BCUT2D eigenvalue weighted by Gasteiger charge is -2.25. The van der Waals surface area contributed by atoms with Crippen molar-refractivity contribution in [3.8, 4) is 17.0 Å². The number of ether oxygens (including phenoxy) is 1. The Balaban J connectivity index is 1.64. The summed E-state index contributed by atoms with van der Waals surface area (Å²) in [6, 6.07) is 13.2. The van der Waals surface area contributed by atoms with Crippen LogP contribution in [0.15, 0.2) is 42.5 Å². The van der Waals surface area contributed by atoms with Gasteiger partial charge in [0.25, 0.3) is 11.8 Å². The smallest absolute Gasteiger partial charge is 0.303 e. The van der Waals surface area contributed by atoms with Gasteiger partial charge >= 0.3 is 10.2 Å². The third-order valence-electron chi connectivity index (χ3n) is 8.68. The summed E-state index contributed by atoms with van der Waals surface area (Å²) in [5.74, 6) is 0.160. The van der Waals surface area contributed by atoms with E-state index in [0.29, 0.717) is 31.3 Å². The molecule has 0 spiro atoms. The standard InChI is InChI=1S/C31H41N5O5S/c1-33-16-18-34(2)28(37)21-41-27-13-9-8-12-25(27)30-29(22-10-6-5-7-11-22)24-15-14-23(20-26(24)36(30)4)31(38)32-42(39,40)35(3)19-17-33/h8-9,12-15,20,22H,5-7,10-11,16-19,21H2,1-4H3,(H,32,38). The minimum atomic E-state index is -4.05. The number of carbonyl (C=O) groups is 2. The highest BCUT2D eigenvalue weighted by atomic mass is 32.2. The monoisotopic (exact) mass is 595 g/mol. The molecule has 1 aliphatic carbocycles. The van der Waals surface area contributed by atoms with Crippen LogP contribution in [0.1, 0.15) is 53.9 Å². The number of hydrogen-bond donors (Lipinski definition) is 1. The van der Waals surface area contributed by atoms with Crippen molar-refractivity contribution in [1.82, 2.24) is 23.4 Å². The van der Waals surface area contributed by atoms with Crippen molar-refractivity contribution in [1.29, 1.82) is 0 Å². The Morgan fingerprint density at radius 3 is 2.36 bits per heavy atom. The molecule has 2 amide bonds. The average molecular weight is 596 g/mol. The molecule has 1 N–H and O–H groups in total. The number of amides is 2. The molecule has 11 heteroatoms. The number of para-hydroxylation sites is 1. The van der Waals surface area contributed by atoms with E-state index in [4.69, 9.17) is 4.74 Å². The third-order valence-corrected chi connectivity index (χ3v) is 10.1. The second-order valence-corrected chi connectivity index (χ2v) is 13.3. The number of aryl methyl sites for hydroxylation is 1. The molecule has 1 aromatic heterocycles. The summed E-state index contributed by atoms with van der Waals surface area (Å²) >= 11 is 0. The highest BCUT2D eigenvalue weighted by Gasteiger charge is 2.28. The van der Waals surface area contributed by atoms with Crippen LogP contribution in [0.3, 0.4) is 0 Å². The van der Waals surface area contributed by atoms with Gasteiger partial charge in [0.1, 0.15) is 5.75 Å². The predicted molar refractivity (Wildman–Crippen MR) is 164 cm³/mol. The van der Waals surface area contributed by atoms with E-state index in [0.717, 1.165) is 52.1 Å². The van der Waals surface area contributed by atoms with Crippen molar-refractivity contribution in [3.05, 3.63) is 53.6 Å². The lowest BCUT2D eigenvalue weighted by molar-refractivity contribution is -0.132. The number of likely N-dealkylation sites (N-methyl/N-ethyl adjacent to an activating group) is 3. The van der Waals surface area contributed by atoms with E-state index in [1.165, 1.54) is 19.0 Å². The number of carbonyl (C=O) groups excluding carboxylic acids is 2. The van der Waals surface area contributed by atoms with E-state index in [9.17, 15) is 18.0 Å². The number of rotatable bonds is 1. The zero-order valence-electron chi connectivity index (χ0n) is 24.9. The number of fused-ring (bicyclic) bond motifs is 4. The number of hydrogen-bond acceptors (Lipinski definition) is 6. The first kappa shape index (κ1) is 30.1. The largest absolute Gasteiger partial charge is 0.483 e. The molecule has 10 nitrogen and oxygen atoms in total. The molecule has 0 saturated heterocycles. The van der Waals surface area contributed by atoms with E-state index < -0.39 is 16.1 Å². The Bertz CT molecular complexity index is 1580. The topological polar surface area (TPSA) is 104 Å². The number of aromatic nitrogens is 1. The molecule has 1 aliphatic heterocycles. The van der Waals surface area contributed by atoms with E-state index >= 15 is 0 Å². The van der Waals surface area contributed by atoms with Gasteiger partial charge in [-0.2, -0.15) is 12.7 Å². The maximum Gasteiger partial charge on any atom is 0.303 e. The molecule has 0 unspecified atom stereocenters. The molecular formula is C31H41N5O5S.